The summed E-state index contributed by atoms with van der Waals surface area (Å²) < 4.78 is 31.4. The number of likely N-dealkylation sites (tertiary alicyclic amines) is 1. The number of Topliss-reactive ketones (excluding diaryl/α,β-unsaturated/α-hetero) is 1. The first-order chi connectivity index (χ1) is 21.1. The molecule has 0 saturated carbocycles. The third kappa shape index (κ3) is 8.73. The molecular weight excluding hydrogens is 606 g/mol. The minimum Gasteiger partial charge on any atom is -0.481 e. The number of pyridine rings is 1. The average molecular weight is 655 g/mol. The number of halogens is 2. The van der Waals surface area contributed by atoms with E-state index in [0.717, 1.165) is 42.7 Å². The van der Waals surface area contributed by atoms with Crippen LogP contribution in [0.2, 0.25) is 0 Å². The van der Waals surface area contributed by atoms with Gasteiger partial charge < -0.3 is 14.6 Å². The molecule has 1 N–H and O–H groups in total. The average Bonchev–Trinajstić information content (AvgIpc) is 2.90. The lowest BCUT2D eigenvalue weighted by molar-refractivity contribution is -0.137. The SMILES string of the molecule is Cc1cc(=O)n(C(CC(C)C)C(=O)C[C@@H](CC(=O)O)c2cc(-c3c(C)cc(F)cc3C)cc(C)c2F)cc1CCN1CC(C)C1.S. The highest BCUT2D eigenvalue weighted by atomic mass is 32.1. The van der Waals surface area contributed by atoms with E-state index in [1.165, 1.54) is 16.7 Å². The number of ketones is 1. The van der Waals surface area contributed by atoms with Crippen molar-refractivity contribution < 1.29 is 23.5 Å². The maximum Gasteiger partial charge on any atom is 0.303 e. The summed E-state index contributed by atoms with van der Waals surface area (Å²) in [7, 11) is 0. The van der Waals surface area contributed by atoms with Crippen molar-refractivity contribution in [3.05, 3.63) is 91.9 Å². The van der Waals surface area contributed by atoms with Crippen LogP contribution in [0.25, 0.3) is 11.1 Å². The number of carboxylic acid groups (broad SMARTS) is 1. The normalized spacial score (nSPS) is 14.9. The number of aliphatic carboxylic acids is 1. The highest BCUT2D eigenvalue weighted by molar-refractivity contribution is 7.59. The zero-order valence-corrected chi connectivity index (χ0v) is 29.0. The van der Waals surface area contributed by atoms with Gasteiger partial charge in [-0.3, -0.25) is 14.4 Å². The number of carbonyl (C=O) groups excluding carboxylic acids is 1. The highest BCUT2D eigenvalue weighted by Crippen LogP contribution is 2.37. The molecule has 250 valence electrons. The van der Waals surface area contributed by atoms with Gasteiger partial charge in [-0.2, -0.15) is 13.5 Å². The Balaban J connectivity index is 0.00000576. The molecule has 2 heterocycles. The van der Waals surface area contributed by atoms with Gasteiger partial charge in [-0.05, 0) is 121 Å². The number of rotatable bonds is 13. The second-order valence-electron chi connectivity index (χ2n) is 13.6. The molecule has 1 aliphatic heterocycles. The lowest BCUT2D eigenvalue weighted by Gasteiger charge is -2.37. The van der Waals surface area contributed by atoms with Crippen LogP contribution in [0.3, 0.4) is 0 Å². The minimum atomic E-state index is -1.15. The monoisotopic (exact) mass is 654 g/mol. The van der Waals surface area contributed by atoms with E-state index in [-0.39, 0.29) is 48.6 Å². The number of nitrogens with zero attached hydrogens (tertiary/aromatic N) is 2. The lowest BCUT2D eigenvalue weighted by atomic mass is 9.84. The van der Waals surface area contributed by atoms with Gasteiger partial charge in [0.2, 0.25) is 0 Å². The second-order valence-corrected chi connectivity index (χ2v) is 13.6. The number of aryl methyl sites for hydroxylation is 4. The molecule has 46 heavy (non-hydrogen) atoms. The number of hydrogen-bond donors (Lipinski definition) is 1. The van der Waals surface area contributed by atoms with Crippen LogP contribution in [0.1, 0.15) is 85.4 Å². The van der Waals surface area contributed by atoms with Gasteiger partial charge in [0.1, 0.15) is 11.6 Å². The van der Waals surface area contributed by atoms with E-state index in [0.29, 0.717) is 34.6 Å². The summed E-state index contributed by atoms with van der Waals surface area (Å²) in [5.74, 6) is -2.60. The van der Waals surface area contributed by atoms with Gasteiger partial charge in [-0.1, -0.05) is 20.8 Å². The summed E-state index contributed by atoms with van der Waals surface area (Å²) >= 11 is 0. The topological polar surface area (TPSA) is 79.6 Å². The van der Waals surface area contributed by atoms with E-state index in [4.69, 9.17) is 0 Å². The van der Waals surface area contributed by atoms with Crippen LogP contribution in [-0.4, -0.2) is 46.0 Å². The van der Waals surface area contributed by atoms with E-state index < -0.39 is 30.2 Å². The van der Waals surface area contributed by atoms with Crippen molar-refractivity contribution in [3.63, 3.8) is 0 Å². The van der Waals surface area contributed by atoms with Gasteiger partial charge >= 0.3 is 5.97 Å². The number of carbonyl (C=O) groups is 2. The molecule has 1 unspecified atom stereocenters. The van der Waals surface area contributed by atoms with Gasteiger partial charge in [-0.25, -0.2) is 8.78 Å². The molecule has 2 atom stereocenters. The van der Waals surface area contributed by atoms with Crippen molar-refractivity contribution in [3.8, 4) is 11.1 Å². The fraction of sp³-hybridized carbons (Fsp3) is 0.486. The van der Waals surface area contributed by atoms with Crippen LogP contribution < -0.4 is 5.56 Å². The number of hydrogen-bond acceptors (Lipinski definition) is 4. The second kappa shape index (κ2) is 15.5. The fourth-order valence-corrected chi connectivity index (χ4v) is 6.81. The number of benzene rings is 2. The van der Waals surface area contributed by atoms with Crippen LogP contribution in [0.5, 0.6) is 0 Å². The maximum atomic E-state index is 15.8. The fourth-order valence-electron chi connectivity index (χ4n) is 6.81. The standard InChI is InChI=1S/C37H46F2N2O4.H2S/c1-21(2)10-32(41-20-27(23(4)14-34(41)43)8-9-40-18-22(3)19-40)33(42)16-28(17-35(44)45)31-15-29(11-26(7)37(31)39)36-24(5)12-30(38)13-25(36)6;/h11-15,20-22,28,32H,8-10,16-19H2,1-7H3,(H,44,45);1H2/t28-,32?;/m0./s1. The highest BCUT2D eigenvalue weighted by Gasteiger charge is 2.30. The van der Waals surface area contributed by atoms with E-state index >= 15 is 4.39 Å². The summed E-state index contributed by atoms with van der Waals surface area (Å²) in [6.45, 7) is 16.2. The largest absolute Gasteiger partial charge is 0.481 e. The van der Waals surface area contributed by atoms with E-state index in [1.807, 2.05) is 20.8 Å². The molecule has 1 aromatic heterocycles. The Labute approximate surface area is 278 Å². The molecule has 0 bridgehead atoms. The first-order valence-corrected chi connectivity index (χ1v) is 15.9. The molecule has 1 aliphatic rings. The van der Waals surface area contributed by atoms with Gasteiger partial charge in [0, 0.05) is 44.2 Å². The van der Waals surface area contributed by atoms with E-state index in [1.54, 1.807) is 45.2 Å². The predicted octanol–water partition coefficient (Wildman–Crippen LogP) is 7.44. The Bertz CT molecular complexity index is 1620. The van der Waals surface area contributed by atoms with E-state index in [9.17, 15) is 23.9 Å². The molecular formula is C37H48F2N2O4S. The van der Waals surface area contributed by atoms with Crippen LogP contribution in [0, 0.1) is 51.2 Å². The third-order valence-electron chi connectivity index (χ3n) is 9.01. The molecule has 1 fully saturated rings. The predicted molar refractivity (Wildman–Crippen MR) is 184 cm³/mol. The third-order valence-corrected chi connectivity index (χ3v) is 9.01. The molecule has 3 aromatic rings. The van der Waals surface area contributed by atoms with E-state index in [2.05, 4.69) is 11.8 Å². The number of aromatic nitrogens is 1. The molecule has 0 radical (unpaired) electrons. The Morgan fingerprint density at radius 2 is 1.57 bits per heavy atom. The van der Waals surface area contributed by atoms with Crippen molar-refractivity contribution >= 4 is 25.2 Å². The van der Waals surface area contributed by atoms with Crippen molar-refractivity contribution in [2.75, 3.05) is 19.6 Å². The van der Waals surface area contributed by atoms with Crippen LogP contribution >= 0.6 is 13.5 Å². The molecule has 9 heteroatoms. The van der Waals surface area contributed by atoms with Crippen molar-refractivity contribution in [2.24, 2.45) is 11.8 Å². The van der Waals surface area contributed by atoms with Crippen molar-refractivity contribution in [1.82, 2.24) is 9.47 Å². The Morgan fingerprint density at radius 3 is 2.13 bits per heavy atom. The summed E-state index contributed by atoms with van der Waals surface area (Å²) in [5, 5.41) is 9.85. The smallest absolute Gasteiger partial charge is 0.303 e. The van der Waals surface area contributed by atoms with Gasteiger partial charge in [0.05, 0.1) is 12.5 Å². The van der Waals surface area contributed by atoms with Gasteiger partial charge in [0.25, 0.3) is 5.56 Å². The summed E-state index contributed by atoms with van der Waals surface area (Å²) in [4.78, 5) is 41.9. The minimum absolute atomic E-state index is 0. The summed E-state index contributed by atoms with van der Waals surface area (Å²) in [6.07, 6.45) is 2.24. The molecule has 0 spiro atoms. The van der Waals surface area contributed by atoms with Crippen molar-refractivity contribution in [1.29, 1.82) is 0 Å². The Hall–Kier alpha value is -3.30. The Morgan fingerprint density at radius 1 is 0.935 bits per heavy atom. The molecule has 1 saturated heterocycles. The molecule has 6 nitrogen and oxygen atoms in total. The summed E-state index contributed by atoms with van der Waals surface area (Å²) in [6, 6.07) is 6.84. The number of carboxylic acids is 1. The molecule has 4 rings (SSSR count). The summed E-state index contributed by atoms with van der Waals surface area (Å²) in [5.41, 5.74) is 4.75. The first kappa shape index (κ1) is 37.2. The van der Waals surface area contributed by atoms with Crippen LogP contribution in [-0.2, 0) is 16.0 Å². The lowest BCUT2D eigenvalue weighted by Crippen LogP contribution is -2.45. The van der Waals surface area contributed by atoms with Crippen LogP contribution in [0.4, 0.5) is 8.78 Å². The quantitative estimate of drug-likeness (QED) is 0.207. The van der Waals surface area contributed by atoms with Gasteiger partial charge in [0.15, 0.2) is 5.78 Å². The molecule has 2 aromatic carbocycles. The first-order valence-electron chi connectivity index (χ1n) is 15.9. The maximum absolute atomic E-state index is 15.8. The van der Waals surface area contributed by atoms with Crippen molar-refractivity contribution in [2.45, 2.75) is 86.1 Å². The zero-order chi connectivity index (χ0) is 33.2. The van der Waals surface area contributed by atoms with Gasteiger partial charge in [-0.15, -0.1) is 0 Å². The Kier molecular flexibility index (Phi) is 12.5. The zero-order valence-electron chi connectivity index (χ0n) is 28.0. The molecule has 0 amide bonds. The molecule has 0 aliphatic carbocycles. The van der Waals surface area contributed by atoms with Crippen LogP contribution in [0.15, 0.2) is 41.3 Å².